The minimum absolute atomic E-state index is 0.935. The lowest BCUT2D eigenvalue weighted by molar-refractivity contribution is 0.545. The number of hydrogen-bond acceptors (Lipinski definition) is 0. The third-order valence-corrected chi connectivity index (χ3v) is 2.79. The molecule has 0 N–H and O–H groups in total. The summed E-state index contributed by atoms with van der Waals surface area (Å²) in [7, 11) is 0. The van der Waals surface area contributed by atoms with Crippen molar-refractivity contribution in [2.75, 3.05) is 0 Å². The molecule has 10 heavy (non-hydrogen) atoms. The van der Waals surface area contributed by atoms with Crippen molar-refractivity contribution < 1.29 is 0 Å². The first-order valence-electron chi connectivity index (χ1n) is 4.42. The minimum atomic E-state index is 0.935. The monoisotopic (exact) mass is 138 g/mol. The van der Waals surface area contributed by atoms with Crippen LogP contribution in [-0.2, 0) is 0 Å². The van der Waals surface area contributed by atoms with Gasteiger partial charge in [0.05, 0.1) is 0 Å². The highest BCUT2D eigenvalue weighted by Gasteiger charge is 2.17. The highest BCUT2D eigenvalue weighted by atomic mass is 14.2. The van der Waals surface area contributed by atoms with Crippen LogP contribution in [0, 0.1) is 5.92 Å². The van der Waals surface area contributed by atoms with E-state index in [2.05, 4.69) is 20.8 Å². The van der Waals surface area contributed by atoms with E-state index in [9.17, 15) is 0 Å². The molecule has 0 aromatic rings. The predicted octanol–water partition coefficient (Wildman–Crippen LogP) is 3.53. The van der Waals surface area contributed by atoms with Gasteiger partial charge in [-0.25, -0.2) is 0 Å². The van der Waals surface area contributed by atoms with E-state index >= 15 is 0 Å². The molecule has 0 aromatic heterocycles. The van der Waals surface area contributed by atoms with E-state index in [0.29, 0.717) is 0 Å². The molecule has 1 aliphatic carbocycles. The lowest BCUT2D eigenvalue weighted by atomic mass is 9.97. The first-order valence-corrected chi connectivity index (χ1v) is 4.42. The van der Waals surface area contributed by atoms with Gasteiger partial charge in [-0.2, -0.15) is 0 Å². The van der Waals surface area contributed by atoms with Gasteiger partial charge in [0.2, 0.25) is 0 Å². The summed E-state index contributed by atoms with van der Waals surface area (Å²) in [6.07, 6.45) is 5.53. The average Bonchev–Trinajstić information content (AvgIpc) is 2.20. The lowest BCUT2D eigenvalue weighted by Gasteiger charge is -2.08. The molecule has 0 amide bonds. The maximum absolute atomic E-state index is 2.31. The topological polar surface area (TPSA) is 0 Å². The van der Waals surface area contributed by atoms with E-state index in [1.54, 1.807) is 11.1 Å². The van der Waals surface area contributed by atoms with Crippen LogP contribution in [0.5, 0.6) is 0 Å². The van der Waals surface area contributed by atoms with Gasteiger partial charge in [0, 0.05) is 0 Å². The molecule has 0 aliphatic heterocycles. The quantitative estimate of drug-likeness (QED) is 0.512. The van der Waals surface area contributed by atoms with Crippen LogP contribution >= 0.6 is 0 Å². The van der Waals surface area contributed by atoms with Crippen molar-refractivity contribution in [2.24, 2.45) is 5.92 Å². The Morgan fingerprint density at radius 3 is 2.50 bits per heavy atom. The Balaban J connectivity index is 2.50. The summed E-state index contributed by atoms with van der Waals surface area (Å²) < 4.78 is 0. The third kappa shape index (κ3) is 1.42. The summed E-state index contributed by atoms with van der Waals surface area (Å²) in [6.45, 7) is 6.87. The van der Waals surface area contributed by atoms with E-state index < -0.39 is 0 Å². The number of rotatable bonds is 2. The molecule has 1 rings (SSSR count). The molecule has 0 heterocycles. The van der Waals surface area contributed by atoms with Gasteiger partial charge < -0.3 is 0 Å². The molecule has 0 saturated heterocycles. The fourth-order valence-corrected chi connectivity index (χ4v) is 1.86. The third-order valence-electron chi connectivity index (χ3n) is 2.79. The summed E-state index contributed by atoms with van der Waals surface area (Å²) in [6, 6.07) is 0. The van der Waals surface area contributed by atoms with Crippen molar-refractivity contribution in [3.05, 3.63) is 11.1 Å². The van der Waals surface area contributed by atoms with Crippen molar-refractivity contribution in [3.8, 4) is 0 Å². The molecule has 0 unspecified atom stereocenters. The molecular weight excluding hydrogens is 120 g/mol. The zero-order chi connectivity index (χ0) is 7.56. The highest BCUT2D eigenvalue weighted by molar-refractivity contribution is 5.18. The summed E-state index contributed by atoms with van der Waals surface area (Å²) in [5, 5.41) is 0. The largest absolute Gasteiger partial charge is 0.0741 e. The van der Waals surface area contributed by atoms with Crippen LogP contribution in [-0.4, -0.2) is 0 Å². The van der Waals surface area contributed by atoms with Crippen molar-refractivity contribution in [1.29, 1.82) is 0 Å². The highest BCUT2D eigenvalue weighted by Crippen LogP contribution is 2.33. The second-order valence-electron chi connectivity index (χ2n) is 3.49. The summed E-state index contributed by atoms with van der Waals surface area (Å²) in [5.74, 6) is 0.935. The Morgan fingerprint density at radius 1 is 1.40 bits per heavy atom. The van der Waals surface area contributed by atoms with E-state index in [0.717, 1.165) is 5.92 Å². The normalized spacial score (nSPS) is 26.1. The van der Waals surface area contributed by atoms with Crippen LogP contribution in [0.1, 0.15) is 46.5 Å². The van der Waals surface area contributed by atoms with Crippen LogP contribution in [0.3, 0.4) is 0 Å². The maximum atomic E-state index is 2.31. The van der Waals surface area contributed by atoms with Crippen LogP contribution in [0.2, 0.25) is 0 Å². The van der Waals surface area contributed by atoms with Crippen LogP contribution in [0.15, 0.2) is 11.1 Å². The zero-order valence-corrected chi connectivity index (χ0v) is 7.41. The Hall–Kier alpha value is -0.260. The van der Waals surface area contributed by atoms with Gasteiger partial charge in [-0.05, 0) is 39.0 Å². The molecule has 0 spiro atoms. The summed E-state index contributed by atoms with van der Waals surface area (Å²) in [4.78, 5) is 0. The van der Waals surface area contributed by atoms with E-state index in [4.69, 9.17) is 0 Å². The molecule has 0 radical (unpaired) electrons. The Morgan fingerprint density at radius 2 is 2.10 bits per heavy atom. The van der Waals surface area contributed by atoms with Gasteiger partial charge in [-0.15, -0.1) is 0 Å². The molecular formula is C10H18. The molecule has 1 aliphatic rings. The molecule has 58 valence electrons. The summed E-state index contributed by atoms with van der Waals surface area (Å²) >= 11 is 0. The fraction of sp³-hybridized carbons (Fsp3) is 0.800. The Bertz CT molecular complexity index is 142. The molecule has 0 heteroatoms. The van der Waals surface area contributed by atoms with Gasteiger partial charge >= 0.3 is 0 Å². The molecule has 1 atom stereocenters. The van der Waals surface area contributed by atoms with Crippen LogP contribution in [0.4, 0.5) is 0 Å². The predicted molar refractivity (Wildman–Crippen MR) is 46.0 cm³/mol. The Labute approximate surface area is 64.3 Å². The molecule has 0 saturated carbocycles. The van der Waals surface area contributed by atoms with Gasteiger partial charge in [-0.3, -0.25) is 0 Å². The van der Waals surface area contributed by atoms with Crippen molar-refractivity contribution in [1.82, 2.24) is 0 Å². The SMILES string of the molecule is CCC[C@@H]1CCC(C)=C1C. The second-order valence-corrected chi connectivity index (χ2v) is 3.49. The van der Waals surface area contributed by atoms with Gasteiger partial charge in [0.25, 0.3) is 0 Å². The van der Waals surface area contributed by atoms with E-state index in [1.807, 2.05) is 0 Å². The molecule has 0 nitrogen and oxygen atoms in total. The van der Waals surface area contributed by atoms with Gasteiger partial charge in [-0.1, -0.05) is 24.5 Å². The maximum Gasteiger partial charge on any atom is -0.0200 e. The lowest BCUT2D eigenvalue weighted by Crippen LogP contribution is -1.94. The van der Waals surface area contributed by atoms with Crippen LogP contribution in [0.25, 0.3) is 0 Å². The Kier molecular flexibility index (Phi) is 2.53. The minimum Gasteiger partial charge on any atom is -0.0741 e. The number of hydrogen-bond donors (Lipinski definition) is 0. The van der Waals surface area contributed by atoms with Crippen molar-refractivity contribution >= 4 is 0 Å². The second kappa shape index (κ2) is 3.23. The molecule has 0 aromatic carbocycles. The standard InChI is InChI=1S/C10H18/c1-4-5-10-7-6-8(2)9(10)3/h10H,4-7H2,1-3H3/t10-/m1/s1. The van der Waals surface area contributed by atoms with Crippen molar-refractivity contribution in [3.63, 3.8) is 0 Å². The smallest absolute Gasteiger partial charge is 0.0200 e. The van der Waals surface area contributed by atoms with E-state index in [1.165, 1.54) is 25.7 Å². The molecule has 0 bridgehead atoms. The first-order chi connectivity index (χ1) is 4.75. The summed E-state index contributed by atoms with van der Waals surface area (Å²) in [5.41, 5.74) is 3.33. The van der Waals surface area contributed by atoms with Crippen LogP contribution < -0.4 is 0 Å². The van der Waals surface area contributed by atoms with Gasteiger partial charge in [0.15, 0.2) is 0 Å². The van der Waals surface area contributed by atoms with Crippen molar-refractivity contribution in [2.45, 2.75) is 46.5 Å². The number of allylic oxidation sites excluding steroid dienone is 2. The first kappa shape index (κ1) is 7.84. The average molecular weight is 138 g/mol. The van der Waals surface area contributed by atoms with E-state index in [-0.39, 0.29) is 0 Å². The molecule has 0 fully saturated rings. The van der Waals surface area contributed by atoms with Gasteiger partial charge in [0.1, 0.15) is 0 Å². The zero-order valence-electron chi connectivity index (χ0n) is 7.41. The fourth-order valence-electron chi connectivity index (χ4n) is 1.86.